The number of methoxy groups -OCH3 is 1. The third kappa shape index (κ3) is 6.10. The second-order valence-corrected chi connectivity index (χ2v) is 9.43. The first kappa shape index (κ1) is 21.4. The number of ether oxygens (including phenoxy) is 1. The number of carbonyl (C=O) groups excluding carboxylic acids is 1. The van der Waals surface area contributed by atoms with Crippen molar-refractivity contribution in [3.8, 4) is 0 Å². The van der Waals surface area contributed by atoms with Gasteiger partial charge in [-0.25, -0.2) is 4.79 Å². The normalized spacial score (nSPS) is 19.2. The molecule has 1 heterocycles. The second kappa shape index (κ2) is 11.1. The number of esters is 1. The van der Waals surface area contributed by atoms with E-state index in [0.717, 1.165) is 12.3 Å². The first-order valence-electron chi connectivity index (χ1n) is 10.5. The van der Waals surface area contributed by atoms with Crippen LogP contribution in [0.15, 0.2) is 59.6 Å². The fourth-order valence-electron chi connectivity index (χ4n) is 3.58. The Balaban J connectivity index is 1.68. The Morgan fingerprint density at radius 2 is 1.86 bits per heavy atom. The highest BCUT2D eigenvalue weighted by molar-refractivity contribution is 8.29. The van der Waals surface area contributed by atoms with E-state index in [4.69, 9.17) is 9.73 Å². The maximum absolute atomic E-state index is 11.7. The van der Waals surface area contributed by atoms with Gasteiger partial charge in [0.15, 0.2) is 0 Å². The number of unbranched alkanes of at least 4 members (excludes halogenated alkanes) is 3. The first-order valence-corrected chi connectivity index (χ1v) is 12.1. The maximum atomic E-state index is 11.7. The van der Waals surface area contributed by atoms with Crippen molar-refractivity contribution in [3.05, 3.63) is 65.7 Å². The quantitative estimate of drug-likeness (QED) is 0.306. The Labute approximate surface area is 177 Å². The van der Waals surface area contributed by atoms with Crippen molar-refractivity contribution in [2.45, 2.75) is 51.6 Å². The first-order chi connectivity index (χ1) is 14.2. The Kier molecular flexibility index (Phi) is 8.17. The molecule has 0 aliphatic carbocycles. The van der Waals surface area contributed by atoms with Gasteiger partial charge in [-0.2, -0.15) is 0 Å². The van der Waals surface area contributed by atoms with Crippen LogP contribution in [-0.2, 0) is 11.3 Å². The monoisotopic (exact) mass is 412 g/mol. The Morgan fingerprint density at radius 3 is 2.55 bits per heavy atom. The molecule has 0 spiro atoms. The lowest BCUT2D eigenvalue weighted by Crippen LogP contribution is -2.22. The fourth-order valence-corrected chi connectivity index (χ4v) is 5.82. The Morgan fingerprint density at radius 1 is 1.10 bits per heavy atom. The van der Waals surface area contributed by atoms with E-state index in [9.17, 15) is 4.79 Å². The molecule has 156 valence electrons. The van der Waals surface area contributed by atoms with Gasteiger partial charge in [0.25, 0.3) is 0 Å². The summed E-state index contributed by atoms with van der Waals surface area (Å²) in [7, 11) is 1.41. The molecule has 2 aromatic rings. The highest BCUT2D eigenvalue weighted by Crippen LogP contribution is 2.40. The lowest BCUT2D eigenvalue weighted by atomic mass is 10.1. The molecular weight excluding hydrogens is 380 g/mol. The molecule has 4 nitrogen and oxygen atoms in total. The zero-order chi connectivity index (χ0) is 20.5. The van der Waals surface area contributed by atoms with Crippen LogP contribution in [0.25, 0.3) is 0 Å². The summed E-state index contributed by atoms with van der Waals surface area (Å²) in [5, 5.41) is 0. The number of hydrogen-bond acceptors (Lipinski definition) is 4. The largest absolute Gasteiger partial charge is 0.465 e. The summed E-state index contributed by atoms with van der Waals surface area (Å²) in [6.45, 7) is 3.06. The van der Waals surface area contributed by atoms with Crippen LogP contribution in [0.1, 0.15) is 54.9 Å². The number of nitrogens with zero attached hydrogens (tertiary/aromatic N) is 2. The number of benzene rings is 2. The van der Waals surface area contributed by atoms with Gasteiger partial charge in [0.05, 0.1) is 30.8 Å². The van der Waals surface area contributed by atoms with Crippen molar-refractivity contribution in [1.29, 1.82) is 0 Å². The molecule has 1 aliphatic rings. The summed E-state index contributed by atoms with van der Waals surface area (Å²) in [6.07, 6.45) is 6.39. The summed E-state index contributed by atoms with van der Waals surface area (Å²) >= 11 is -0.445. The van der Waals surface area contributed by atoms with E-state index in [-0.39, 0.29) is 5.97 Å². The van der Waals surface area contributed by atoms with Crippen LogP contribution in [0.4, 0.5) is 5.69 Å². The van der Waals surface area contributed by atoms with E-state index in [1.54, 1.807) is 0 Å². The zero-order valence-electron chi connectivity index (χ0n) is 17.5. The highest BCUT2D eigenvalue weighted by Gasteiger charge is 2.23. The van der Waals surface area contributed by atoms with Crippen LogP contribution in [0.3, 0.4) is 0 Å². The molecular formula is C24H32N2O2S. The molecule has 3 rings (SSSR count). The van der Waals surface area contributed by atoms with Crippen LogP contribution in [-0.4, -0.2) is 30.4 Å². The summed E-state index contributed by atoms with van der Waals surface area (Å²) in [5.74, 6) is 0.839. The number of anilines is 1. The Hall–Kier alpha value is -2.27. The zero-order valence-corrected chi connectivity index (χ0v) is 18.4. The number of thiol groups is 1. The SMILES string of the molecule is CCCCCCC1C[SH](N(Cc2ccc(C(=O)OC)cc2)c2ccccc2)C=N1. The van der Waals surface area contributed by atoms with E-state index in [0.29, 0.717) is 11.6 Å². The second-order valence-electron chi connectivity index (χ2n) is 7.47. The molecule has 0 amide bonds. The molecule has 29 heavy (non-hydrogen) atoms. The Bertz CT molecular complexity index is 792. The van der Waals surface area contributed by atoms with Crippen LogP contribution < -0.4 is 4.31 Å². The van der Waals surface area contributed by atoms with Crippen LogP contribution in [0.2, 0.25) is 0 Å². The average Bonchev–Trinajstić information content (AvgIpc) is 3.24. The molecule has 0 radical (unpaired) electrons. The van der Waals surface area contributed by atoms with Gasteiger partial charge < -0.3 is 9.04 Å². The van der Waals surface area contributed by atoms with Crippen molar-refractivity contribution >= 4 is 28.3 Å². The third-order valence-electron chi connectivity index (χ3n) is 5.27. The van der Waals surface area contributed by atoms with Gasteiger partial charge in [-0.15, -0.1) is 11.1 Å². The standard InChI is InChI=1S/C24H32N2O2S/c1-3-4-5-7-10-22-18-29(19-25-22)26(23-11-8-6-9-12-23)17-20-13-15-21(16-14-20)24(27)28-2/h6,8-9,11-16,19,22,29H,3-5,7,10,17-18H2,1-2H3. The van der Waals surface area contributed by atoms with Crippen LogP contribution in [0.5, 0.6) is 0 Å². The molecule has 1 aliphatic heterocycles. The molecule has 0 bridgehead atoms. The molecule has 5 heteroatoms. The van der Waals surface area contributed by atoms with Gasteiger partial charge in [-0.05, 0) is 36.2 Å². The third-order valence-corrected chi connectivity index (χ3v) is 7.46. The van der Waals surface area contributed by atoms with Crippen molar-refractivity contribution in [3.63, 3.8) is 0 Å². The number of carbonyl (C=O) groups is 1. The van der Waals surface area contributed by atoms with Crippen molar-refractivity contribution in [1.82, 2.24) is 0 Å². The summed E-state index contributed by atoms with van der Waals surface area (Å²) < 4.78 is 7.29. The molecule has 0 N–H and O–H groups in total. The van der Waals surface area contributed by atoms with E-state index < -0.39 is 11.1 Å². The molecule has 0 saturated carbocycles. The van der Waals surface area contributed by atoms with Crippen molar-refractivity contribution < 1.29 is 9.53 Å². The minimum Gasteiger partial charge on any atom is -0.465 e. The molecule has 0 saturated heterocycles. The summed E-state index contributed by atoms with van der Waals surface area (Å²) in [6, 6.07) is 18.8. The summed E-state index contributed by atoms with van der Waals surface area (Å²) in [5.41, 5.74) is 5.20. The molecule has 2 unspecified atom stereocenters. The van der Waals surface area contributed by atoms with Gasteiger partial charge >= 0.3 is 5.97 Å². The van der Waals surface area contributed by atoms with Gasteiger partial charge in [0.1, 0.15) is 0 Å². The van der Waals surface area contributed by atoms with E-state index in [1.807, 2.05) is 24.3 Å². The van der Waals surface area contributed by atoms with Crippen LogP contribution in [0, 0.1) is 0 Å². The number of aliphatic imine (C=N–C) groups is 1. The molecule has 0 fully saturated rings. The lowest BCUT2D eigenvalue weighted by molar-refractivity contribution is 0.0600. The highest BCUT2D eigenvalue weighted by atomic mass is 32.2. The lowest BCUT2D eigenvalue weighted by Gasteiger charge is -2.33. The van der Waals surface area contributed by atoms with E-state index >= 15 is 0 Å². The van der Waals surface area contributed by atoms with Gasteiger partial charge in [0, 0.05) is 11.4 Å². The number of rotatable bonds is 10. The van der Waals surface area contributed by atoms with Crippen molar-refractivity contribution in [2.24, 2.45) is 4.99 Å². The van der Waals surface area contributed by atoms with Crippen LogP contribution >= 0.6 is 11.1 Å². The van der Waals surface area contributed by atoms with E-state index in [2.05, 4.69) is 47.1 Å². The number of para-hydroxylation sites is 1. The van der Waals surface area contributed by atoms with Gasteiger partial charge in [0.2, 0.25) is 0 Å². The topological polar surface area (TPSA) is 41.9 Å². The summed E-state index contributed by atoms with van der Waals surface area (Å²) in [4.78, 5) is 16.5. The predicted molar refractivity (Wildman–Crippen MR) is 125 cm³/mol. The number of hydrogen-bond donors (Lipinski definition) is 1. The van der Waals surface area contributed by atoms with Gasteiger partial charge in [-0.3, -0.25) is 4.99 Å². The van der Waals surface area contributed by atoms with Gasteiger partial charge in [-0.1, -0.05) is 62.9 Å². The minimum absolute atomic E-state index is 0.297. The maximum Gasteiger partial charge on any atom is 0.337 e. The molecule has 2 atom stereocenters. The minimum atomic E-state index is -0.445. The smallest absolute Gasteiger partial charge is 0.337 e. The predicted octanol–water partition coefficient (Wildman–Crippen LogP) is 5.78. The molecule has 0 aromatic heterocycles. The fraction of sp³-hybridized carbons (Fsp3) is 0.417. The molecule has 2 aromatic carbocycles. The van der Waals surface area contributed by atoms with Crippen molar-refractivity contribution in [2.75, 3.05) is 17.2 Å². The van der Waals surface area contributed by atoms with E-state index in [1.165, 1.54) is 50.5 Å². The average molecular weight is 413 g/mol.